The molecule has 0 aliphatic carbocycles. The number of likely N-dealkylation sites (tertiary alicyclic amines) is 1. The third-order valence-corrected chi connectivity index (χ3v) is 6.94. The molecule has 5 rings (SSSR count). The fraction of sp³-hybridized carbons (Fsp3) is 0.345. The Morgan fingerprint density at radius 2 is 1.86 bits per heavy atom. The molecule has 0 spiro atoms. The van der Waals surface area contributed by atoms with Gasteiger partial charge in [0.25, 0.3) is 0 Å². The number of anilines is 2. The highest BCUT2D eigenvalue weighted by Gasteiger charge is 2.35. The number of hydrogen-bond acceptors (Lipinski definition) is 8. The first-order valence-corrected chi connectivity index (χ1v) is 13.4. The topological polar surface area (TPSA) is 93.1 Å². The quantitative estimate of drug-likeness (QED) is 0.185. The van der Waals surface area contributed by atoms with E-state index < -0.39 is 23.6 Å². The fourth-order valence-corrected chi connectivity index (χ4v) is 4.98. The lowest BCUT2D eigenvalue weighted by molar-refractivity contribution is -0.150. The van der Waals surface area contributed by atoms with Gasteiger partial charge >= 0.3 is 18.3 Å². The Bertz CT molecular complexity index is 1610. The fourth-order valence-electron chi connectivity index (χ4n) is 4.98. The van der Waals surface area contributed by atoms with Crippen molar-refractivity contribution in [3.8, 4) is 11.3 Å². The number of halogens is 6. The average molecular weight is 605 g/mol. The summed E-state index contributed by atoms with van der Waals surface area (Å²) in [5.41, 5.74) is -1.56. The maximum atomic E-state index is 13.7. The van der Waals surface area contributed by atoms with Crippen molar-refractivity contribution in [3.63, 3.8) is 0 Å². The minimum Gasteiger partial charge on any atom is -0.466 e. The van der Waals surface area contributed by atoms with Crippen molar-refractivity contribution in [1.29, 1.82) is 0 Å². The summed E-state index contributed by atoms with van der Waals surface area (Å²) in [4.78, 5) is 31.0. The normalized spacial score (nSPS) is 16.3. The molecule has 1 aliphatic heterocycles. The van der Waals surface area contributed by atoms with Crippen LogP contribution in [-0.2, 0) is 28.4 Å². The molecule has 4 heterocycles. The molecule has 0 amide bonds. The third-order valence-electron chi connectivity index (χ3n) is 6.94. The number of carbonyl (C=O) groups is 1. The number of pyridine rings is 2. The second-order valence-corrected chi connectivity index (χ2v) is 10.00. The average Bonchev–Trinajstić information content (AvgIpc) is 2.96. The van der Waals surface area contributed by atoms with Gasteiger partial charge in [0.2, 0.25) is 0 Å². The number of nitrogens with one attached hydrogen (secondary N) is 1. The van der Waals surface area contributed by atoms with Gasteiger partial charge in [0.05, 0.1) is 47.7 Å². The molecule has 1 fully saturated rings. The van der Waals surface area contributed by atoms with Crippen molar-refractivity contribution < 1.29 is 35.9 Å². The maximum Gasteiger partial charge on any atom is 0.433 e. The smallest absolute Gasteiger partial charge is 0.433 e. The lowest BCUT2D eigenvalue weighted by Crippen LogP contribution is -2.39. The molecule has 1 N–H and O–H groups in total. The lowest BCUT2D eigenvalue weighted by Gasteiger charge is -2.31. The predicted molar refractivity (Wildman–Crippen MR) is 145 cm³/mol. The van der Waals surface area contributed by atoms with Gasteiger partial charge in [-0.15, -0.1) is 0 Å². The number of benzene rings is 1. The van der Waals surface area contributed by atoms with Crippen LogP contribution in [0.4, 0.5) is 37.8 Å². The van der Waals surface area contributed by atoms with E-state index in [0.717, 1.165) is 24.8 Å². The van der Waals surface area contributed by atoms with Crippen LogP contribution in [0.3, 0.4) is 0 Å². The molecule has 14 heteroatoms. The van der Waals surface area contributed by atoms with E-state index in [1.807, 2.05) is 4.90 Å². The molecule has 1 saturated heterocycles. The van der Waals surface area contributed by atoms with Crippen molar-refractivity contribution >= 4 is 28.4 Å². The number of ether oxygens (including phenoxy) is 1. The molecule has 4 aromatic rings. The first-order valence-electron chi connectivity index (χ1n) is 13.4. The van der Waals surface area contributed by atoms with Gasteiger partial charge < -0.3 is 10.1 Å². The van der Waals surface area contributed by atoms with Gasteiger partial charge in [0, 0.05) is 23.7 Å². The summed E-state index contributed by atoms with van der Waals surface area (Å²) in [6.45, 7) is 3.29. The zero-order chi connectivity index (χ0) is 30.8. The Balaban J connectivity index is 1.53. The lowest BCUT2D eigenvalue weighted by atomic mass is 9.98. The number of piperidine rings is 1. The predicted octanol–water partition coefficient (Wildman–Crippen LogP) is 6.64. The van der Waals surface area contributed by atoms with E-state index in [9.17, 15) is 31.1 Å². The summed E-state index contributed by atoms with van der Waals surface area (Å²) in [7, 11) is 0. The highest BCUT2D eigenvalue weighted by atomic mass is 19.4. The molecule has 8 nitrogen and oxygen atoms in total. The van der Waals surface area contributed by atoms with Crippen molar-refractivity contribution in [2.24, 2.45) is 5.92 Å². The van der Waals surface area contributed by atoms with Crippen LogP contribution in [0.1, 0.15) is 36.8 Å². The molecule has 0 saturated carbocycles. The Kier molecular flexibility index (Phi) is 8.49. The van der Waals surface area contributed by atoms with E-state index in [1.165, 1.54) is 36.5 Å². The molecule has 43 heavy (non-hydrogen) atoms. The molecule has 1 aromatic carbocycles. The number of aromatic nitrogens is 4. The summed E-state index contributed by atoms with van der Waals surface area (Å²) in [6, 6.07) is 8.62. The Hall–Kier alpha value is -4.33. The van der Waals surface area contributed by atoms with Crippen LogP contribution in [0.2, 0.25) is 0 Å². The third kappa shape index (κ3) is 7.01. The van der Waals surface area contributed by atoms with Crippen molar-refractivity contribution in [1.82, 2.24) is 24.8 Å². The summed E-state index contributed by atoms with van der Waals surface area (Å²) in [6.07, 6.45) is -5.55. The molecular weight excluding hydrogens is 578 g/mol. The standard InChI is InChI=1S/C29H26F6N6O2/c1-2-43-27(42)18-5-4-12-41(15-18)16-24-39-22-13-17(25-21(28(30,31)32)6-3-11-36-25)7-9-20(22)26(40-24)38-19-8-10-23(37-14-19)29(33,34)35/h3,6-11,13-14,18H,2,4-5,12,15-16H2,1H3,(H,38,39,40). The van der Waals surface area contributed by atoms with E-state index in [0.29, 0.717) is 36.2 Å². The zero-order valence-corrected chi connectivity index (χ0v) is 22.8. The maximum absolute atomic E-state index is 13.7. The number of esters is 1. The summed E-state index contributed by atoms with van der Waals surface area (Å²) in [5, 5.41) is 3.39. The number of nitrogens with zero attached hydrogens (tertiary/aromatic N) is 5. The van der Waals surface area contributed by atoms with Crippen LogP contribution >= 0.6 is 0 Å². The van der Waals surface area contributed by atoms with Gasteiger partial charge in [-0.3, -0.25) is 14.7 Å². The largest absolute Gasteiger partial charge is 0.466 e. The molecule has 1 unspecified atom stereocenters. The van der Waals surface area contributed by atoms with E-state index in [2.05, 4.69) is 25.3 Å². The molecule has 1 atom stereocenters. The Labute approximate surface area is 242 Å². The van der Waals surface area contributed by atoms with Crippen LogP contribution in [0.5, 0.6) is 0 Å². The van der Waals surface area contributed by atoms with Gasteiger partial charge in [0.1, 0.15) is 17.3 Å². The molecule has 226 valence electrons. The first-order chi connectivity index (χ1) is 20.4. The number of hydrogen-bond donors (Lipinski definition) is 1. The second-order valence-electron chi connectivity index (χ2n) is 10.00. The molecule has 0 radical (unpaired) electrons. The minimum atomic E-state index is -4.64. The summed E-state index contributed by atoms with van der Waals surface area (Å²) in [5.74, 6) is -0.0801. The van der Waals surface area contributed by atoms with Gasteiger partial charge in [-0.25, -0.2) is 15.0 Å². The first kappa shape index (κ1) is 30.1. The molecule has 3 aromatic heterocycles. The number of rotatable bonds is 7. The number of carbonyl (C=O) groups excluding carboxylic acids is 1. The van der Waals surface area contributed by atoms with Crippen LogP contribution < -0.4 is 5.32 Å². The van der Waals surface area contributed by atoms with Gasteiger partial charge in [-0.05, 0) is 62.7 Å². The van der Waals surface area contributed by atoms with Crippen LogP contribution in [0.15, 0.2) is 54.9 Å². The van der Waals surface area contributed by atoms with E-state index in [-0.39, 0.29) is 47.8 Å². The highest BCUT2D eigenvalue weighted by molar-refractivity contribution is 5.93. The Morgan fingerprint density at radius 3 is 2.56 bits per heavy atom. The monoisotopic (exact) mass is 604 g/mol. The van der Waals surface area contributed by atoms with Gasteiger partial charge in [0.15, 0.2) is 0 Å². The van der Waals surface area contributed by atoms with Gasteiger partial charge in [-0.1, -0.05) is 6.07 Å². The summed E-state index contributed by atoms with van der Waals surface area (Å²) >= 11 is 0. The van der Waals surface area contributed by atoms with Crippen LogP contribution in [-0.4, -0.2) is 50.5 Å². The van der Waals surface area contributed by atoms with Crippen molar-refractivity contribution in [2.45, 2.75) is 38.7 Å². The highest BCUT2D eigenvalue weighted by Crippen LogP contribution is 2.37. The van der Waals surface area contributed by atoms with Crippen LogP contribution in [0, 0.1) is 5.92 Å². The summed E-state index contributed by atoms with van der Waals surface area (Å²) < 4.78 is 85.4. The van der Waals surface area contributed by atoms with E-state index in [4.69, 9.17) is 4.74 Å². The molecule has 1 aliphatic rings. The minimum absolute atomic E-state index is 0.174. The zero-order valence-electron chi connectivity index (χ0n) is 22.8. The van der Waals surface area contributed by atoms with E-state index in [1.54, 1.807) is 6.92 Å². The SMILES string of the molecule is CCOC(=O)C1CCCN(Cc2nc(Nc3ccc(C(F)(F)F)nc3)c3ccc(-c4ncccc4C(F)(F)F)cc3n2)C1. The van der Waals surface area contributed by atoms with Crippen molar-refractivity contribution in [3.05, 3.63) is 71.9 Å². The van der Waals surface area contributed by atoms with E-state index >= 15 is 0 Å². The Morgan fingerprint density at radius 1 is 1.05 bits per heavy atom. The molecule has 0 bridgehead atoms. The second kappa shape index (κ2) is 12.1. The van der Waals surface area contributed by atoms with Crippen molar-refractivity contribution in [2.75, 3.05) is 25.0 Å². The number of fused-ring (bicyclic) bond motifs is 1. The van der Waals surface area contributed by atoms with Crippen LogP contribution in [0.25, 0.3) is 22.2 Å². The number of alkyl halides is 6. The van der Waals surface area contributed by atoms with Gasteiger partial charge in [-0.2, -0.15) is 26.3 Å². The molecular formula is C29H26F6N6O2.